The maximum Gasteiger partial charge on any atom is 0.422 e. The maximum atomic E-state index is 12.7. The Morgan fingerprint density at radius 3 is 2.46 bits per heavy atom. The minimum atomic E-state index is -4.45. The van der Waals surface area contributed by atoms with Crippen molar-refractivity contribution in [3.8, 4) is 5.88 Å². The van der Waals surface area contributed by atoms with E-state index < -0.39 is 18.7 Å². The fraction of sp³-hybridized carbons (Fsp3) is 0.240. The number of nitrogens with zero attached hydrogens (tertiary/aromatic N) is 4. The number of fused-ring (bicyclic) bond motifs is 1. The molecule has 37 heavy (non-hydrogen) atoms. The van der Waals surface area contributed by atoms with Crippen LogP contribution >= 0.6 is 0 Å². The summed E-state index contributed by atoms with van der Waals surface area (Å²) in [7, 11) is 0. The average Bonchev–Trinajstić information content (AvgIpc) is 3.28. The number of alkyl halides is 3. The Morgan fingerprint density at radius 2 is 1.76 bits per heavy atom. The Balaban J connectivity index is 1.37. The molecule has 192 valence electrons. The van der Waals surface area contributed by atoms with Crippen molar-refractivity contribution in [2.45, 2.75) is 19.6 Å². The van der Waals surface area contributed by atoms with Crippen LogP contribution in [0.3, 0.4) is 0 Å². The molecule has 0 aliphatic carbocycles. The average molecular weight is 512 g/mol. The molecule has 0 fully saturated rings. The predicted octanol–water partition coefficient (Wildman–Crippen LogP) is 3.28. The summed E-state index contributed by atoms with van der Waals surface area (Å²) in [6.07, 6.45) is 0.110. The summed E-state index contributed by atoms with van der Waals surface area (Å²) in [5, 5.41) is 10.5. The molecule has 0 aliphatic rings. The molecule has 2 amide bonds. The molecule has 9 nitrogen and oxygen atoms in total. The fourth-order valence-electron chi connectivity index (χ4n) is 3.58. The Labute approximate surface area is 209 Å². The van der Waals surface area contributed by atoms with Crippen molar-refractivity contribution in [3.63, 3.8) is 0 Å². The molecule has 0 spiro atoms. The topological polar surface area (TPSA) is 111 Å². The largest absolute Gasteiger partial charge is 0.468 e. The number of aromatic nitrogens is 4. The highest BCUT2D eigenvalue weighted by molar-refractivity contribution is 6.04. The van der Waals surface area contributed by atoms with E-state index in [0.717, 1.165) is 0 Å². The van der Waals surface area contributed by atoms with Gasteiger partial charge in [0.05, 0.1) is 17.4 Å². The quantitative estimate of drug-likeness (QED) is 0.333. The van der Waals surface area contributed by atoms with E-state index in [1.807, 2.05) is 6.07 Å². The number of benzene rings is 1. The predicted molar refractivity (Wildman–Crippen MR) is 128 cm³/mol. The third-order valence-electron chi connectivity index (χ3n) is 5.23. The van der Waals surface area contributed by atoms with Gasteiger partial charge in [0.2, 0.25) is 5.88 Å². The van der Waals surface area contributed by atoms with Crippen LogP contribution < -0.4 is 15.4 Å². The molecule has 0 saturated heterocycles. The number of carbonyl (C=O) groups is 2. The molecule has 3 heterocycles. The van der Waals surface area contributed by atoms with E-state index in [1.165, 1.54) is 12.4 Å². The second-order valence-corrected chi connectivity index (χ2v) is 8.17. The fourth-order valence-corrected chi connectivity index (χ4v) is 3.58. The molecule has 12 heteroatoms. The van der Waals surface area contributed by atoms with Crippen LogP contribution in [-0.4, -0.2) is 57.4 Å². The Hall–Kier alpha value is -4.48. The van der Waals surface area contributed by atoms with Gasteiger partial charge in [-0.3, -0.25) is 19.3 Å². The third kappa shape index (κ3) is 6.81. The van der Waals surface area contributed by atoms with E-state index in [0.29, 0.717) is 27.6 Å². The highest BCUT2D eigenvalue weighted by atomic mass is 19.4. The minimum absolute atomic E-state index is 0.0881. The van der Waals surface area contributed by atoms with E-state index in [9.17, 15) is 22.8 Å². The van der Waals surface area contributed by atoms with Crippen LogP contribution in [0.2, 0.25) is 0 Å². The summed E-state index contributed by atoms with van der Waals surface area (Å²) < 4.78 is 43.5. The third-order valence-corrected chi connectivity index (χ3v) is 5.23. The molecule has 4 rings (SSSR count). The zero-order valence-electron chi connectivity index (χ0n) is 19.7. The van der Waals surface area contributed by atoms with Crippen LogP contribution in [0, 0.1) is 6.92 Å². The van der Waals surface area contributed by atoms with Crippen molar-refractivity contribution in [3.05, 3.63) is 83.4 Å². The van der Waals surface area contributed by atoms with Crippen LogP contribution in [0.5, 0.6) is 5.88 Å². The summed E-state index contributed by atoms with van der Waals surface area (Å²) in [5.74, 6) is -0.737. The molecule has 1 aromatic carbocycles. The van der Waals surface area contributed by atoms with Gasteiger partial charge in [-0.15, -0.1) is 0 Å². The first kappa shape index (κ1) is 25.6. The van der Waals surface area contributed by atoms with Crippen LogP contribution in [0.4, 0.5) is 13.2 Å². The summed E-state index contributed by atoms with van der Waals surface area (Å²) in [5.41, 5.74) is 2.41. The van der Waals surface area contributed by atoms with E-state index in [-0.39, 0.29) is 37.1 Å². The van der Waals surface area contributed by atoms with Crippen LogP contribution in [-0.2, 0) is 6.54 Å². The van der Waals surface area contributed by atoms with Gasteiger partial charge < -0.3 is 15.4 Å². The first-order chi connectivity index (χ1) is 17.7. The lowest BCUT2D eigenvalue weighted by Crippen LogP contribution is -2.35. The van der Waals surface area contributed by atoms with Gasteiger partial charge >= 0.3 is 6.18 Å². The van der Waals surface area contributed by atoms with Gasteiger partial charge in [-0.1, -0.05) is 18.2 Å². The maximum absolute atomic E-state index is 12.7. The number of carbonyl (C=O) groups excluding carboxylic acids is 2. The van der Waals surface area contributed by atoms with Gasteiger partial charge in [-0.05, 0) is 36.8 Å². The molecule has 4 aromatic rings. The lowest BCUT2D eigenvalue weighted by atomic mass is 10.2. The van der Waals surface area contributed by atoms with E-state index >= 15 is 0 Å². The number of nitrogens with one attached hydrogen (secondary N) is 2. The zero-order valence-corrected chi connectivity index (χ0v) is 19.7. The first-order valence-electron chi connectivity index (χ1n) is 11.3. The van der Waals surface area contributed by atoms with Crippen molar-refractivity contribution in [2.75, 3.05) is 19.7 Å². The van der Waals surface area contributed by atoms with Crippen molar-refractivity contribution >= 4 is 22.7 Å². The Kier molecular flexibility index (Phi) is 7.66. The molecule has 2 N–H and O–H groups in total. The van der Waals surface area contributed by atoms with Gasteiger partial charge in [0.25, 0.3) is 11.8 Å². The van der Waals surface area contributed by atoms with Crippen molar-refractivity contribution in [1.82, 2.24) is 30.4 Å². The highest BCUT2D eigenvalue weighted by Gasteiger charge is 2.29. The highest BCUT2D eigenvalue weighted by Crippen LogP contribution is 2.21. The van der Waals surface area contributed by atoms with E-state index in [4.69, 9.17) is 4.74 Å². The Morgan fingerprint density at radius 1 is 1.03 bits per heavy atom. The summed E-state index contributed by atoms with van der Waals surface area (Å²) >= 11 is 0. The number of ether oxygens (including phenoxy) is 1. The molecule has 0 saturated carbocycles. The van der Waals surface area contributed by atoms with Crippen molar-refractivity contribution in [1.29, 1.82) is 0 Å². The smallest absolute Gasteiger partial charge is 0.422 e. The lowest BCUT2D eigenvalue weighted by Gasteiger charge is -2.11. The van der Waals surface area contributed by atoms with Gasteiger partial charge in [-0.25, -0.2) is 4.98 Å². The molecule has 3 aromatic heterocycles. The van der Waals surface area contributed by atoms with E-state index in [1.54, 1.807) is 54.2 Å². The van der Waals surface area contributed by atoms with Crippen LogP contribution in [0.25, 0.3) is 10.9 Å². The monoisotopic (exact) mass is 512 g/mol. The number of amides is 2. The number of hydrogen-bond donors (Lipinski definition) is 2. The van der Waals surface area contributed by atoms with Gasteiger partial charge in [0, 0.05) is 42.8 Å². The molecule has 0 unspecified atom stereocenters. The second kappa shape index (κ2) is 11.1. The zero-order chi connectivity index (χ0) is 26.4. The molecule has 0 radical (unpaired) electrons. The number of pyridine rings is 2. The SMILES string of the molecule is Cc1cc(Cn2cc3c(C(=O)NCCNC(=O)c4ccccc4)nccc3n2)cnc1OCC(F)(F)F. The number of halogens is 3. The first-order valence-corrected chi connectivity index (χ1v) is 11.3. The minimum Gasteiger partial charge on any atom is -0.468 e. The van der Waals surface area contributed by atoms with Crippen molar-refractivity contribution < 1.29 is 27.5 Å². The van der Waals surface area contributed by atoms with E-state index in [2.05, 4.69) is 25.7 Å². The molecular formula is C25H23F3N6O3. The molecule has 0 aliphatic heterocycles. The summed E-state index contributed by atoms with van der Waals surface area (Å²) in [6, 6.07) is 12.1. The van der Waals surface area contributed by atoms with Crippen molar-refractivity contribution in [2.24, 2.45) is 0 Å². The van der Waals surface area contributed by atoms with Gasteiger partial charge in [-0.2, -0.15) is 18.3 Å². The second-order valence-electron chi connectivity index (χ2n) is 8.17. The van der Waals surface area contributed by atoms with Gasteiger partial charge in [0.1, 0.15) is 5.69 Å². The van der Waals surface area contributed by atoms with Gasteiger partial charge in [0.15, 0.2) is 6.61 Å². The molecule has 0 bridgehead atoms. The summed E-state index contributed by atoms with van der Waals surface area (Å²) in [4.78, 5) is 33.0. The Bertz CT molecular complexity index is 1410. The lowest BCUT2D eigenvalue weighted by molar-refractivity contribution is -0.154. The summed E-state index contributed by atoms with van der Waals surface area (Å²) in [6.45, 7) is 0.911. The standard InChI is InChI=1S/C25H23F3N6O3/c1-16-11-17(12-32-24(16)37-15-25(26,27)28)13-34-14-19-20(33-34)7-8-29-21(19)23(36)31-10-9-30-22(35)18-5-3-2-4-6-18/h2-8,11-12,14H,9-10,13,15H2,1H3,(H,30,35)(H,31,36). The van der Waals surface area contributed by atoms with Crippen LogP contribution in [0.15, 0.2) is 61.1 Å². The number of rotatable bonds is 9. The number of aryl methyl sites for hydroxylation is 1. The normalized spacial score (nSPS) is 11.4. The molecule has 0 atom stereocenters. The number of hydrogen-bond acceptors (Lipinski definition) is 6. The molecular weight excluding hydrogens is 489 g/mol. The van der Waals surface area contributed by atoms with Crippen LogP contribution in [0.1, 0.15) is 32.0 Å².